The Balaban J connectivity index is 2.19. The van der Waals surface area contributed by atoms with E-state index in [-0.39, 0.29) is 15.7 Å². The van der Waals surface area contributed by atoms with Gasteiger partial charge in [-0.25, -0.2) is 14.1 Å². The smallest absolute Gasteiger partial charge is 0.416 e. The van der Waals surface area contributed by atoms with Gasteiger partial charge in [-0.3, -0.25) is 9.59 Å². The summed E-state index contributed by atoms with van der Waals surface area (Å²) < 4.78 is 61.3. The van der Waals surface area contributed by atoms with Gasteiger partial charge in [0.2, 0.25) is 5.67 Å². The third kappa shape index (κ3) is 3.95. The number of fused-ring (bicyclic) bond motifs is 1. The Morgan fingerprint density at radius 1 is 1.19 bits per heavy atom. The lowest BCUT2D eigenvalue weighted by molar-refractivity contribution is -0.138. The number of urea groups is 1. The summed E-state index contributed by atoms with van der Waals surface area (Å²) in [7, 11) is 1.19. The second-order valence-electron chi connectivity index (χ2n) is 6.75. The lowest BCUT2D eigenvalue weighted by Gasteiger charge is -2.23. The van der Waals surface area contributed by atoms with E-state index in [4.69, 9.17) is 21.4 Å². The first-order chi connectivity index (χ1) is 14.9. The highest BCUT2D eigenvalue weighted by Gasteiger charge is 2.57. The number of carbonyl (C=O) groups is 3. The minimum absolute atomic E-state index is 0.0171. The van der Waals surface area contributed by atoms with Crippen LogP contribution in [0.5, 0.6) is 5.75 Å². The average molecular weight is 475 g/mol. The third-order valence-corrected chi connectivity index (χ3v) is 5.02. The summed E-state index contributed by atoms with van der Waals surface area (Å²) in [6.45, 7) is -0.438. The predicted octanol–water partition coefficient (Wildman–Crippen LogP) is 4.11. The van der Waals surface area contributed by atoms with E-state index in [0.29, 0.717) is 12.1 Å². The van der Waals surface area contributed by atoms with Crippen molar-refractivity contribution in [2.45, 2.75) is 18.3 Å². The van der Waals surface area contributed by atoms with Gasteiger partial charge < -0.3 is 15.2 Å². The van der Waals surface area contributed by atoms with Crippen molar-refractivity contribution in [3.8, 4) is 5.75 Å². The first-order valence-corrected chi connectivity index (χ1v) is 9.38. The number of carboxylic acids is 1. The molecule has 2 N–H and O–H groups in total. The van der Waals surface area contributed by atoms with Crippen LogP contribution in [0.1, 0.15) is 23.1 Å². The molecule has 12 heteroatoms. The minimum Gasteiger partial charge on any atom is -0.496 e. The fourth-order valence-corrected chi connectivity index (χ4v) is 3.50. The van der Waals surface area contributed by atoms with Gasteiger partial charge in [-0.15, -0.1) is 0 Å². The fraction of sp³-hybridized carbons (Fsp3) is 0.250. The zero-order valence-electron chi connectivity index (χ0n) is 16.3. The van der Waals surface area contributed by atoms with Gasteiger partial charge in [0.15, 0.2) is 0 Å². The second-order valence-corrected chi connectivity index (χ2v) is 7.19. The molecular weight excluding hydrogens is 460 g/mol. The summed E-state index contributed by atoms with van der Waals surface area (Å²) >= 11 is 5.94. The summed E-state index contributed by atoms with van der Waals surface area (Å²) in [6.07, 6.45) is -5.36. The molecule has 32 heavy (non-hydrogen) atoms. The molecule has 0 aliphatic carbocycles. The normalized spacial score (nSPS) is 17.8. The highest BCUT2D eigenvalue weighted by molar-refractivity contribution is 6.31. The molecule has 0 saturated heterocycles. The van der Waals surface area contributed by atoms with E-state index in [1.807, 2.05) is 0 Å². The van der Waals surface area contributed by atoms with Crippen molar-refractivity contribution in [2.75, 3.05) is 18.6 Å². The van der Waals surface area contributed by atoms with E-state index < -0.39 is 65.1 Å². The summed E-state index contributed by atoms with van der Waals surface area (Å²) in [5, 5.41) is 10.8. The molecule has 170 valence electrons. The number of imide groups is 1. The predicted molar refractivity (Wildman–Crippen MR) is 104 cm³/mol. The molecule has 0 saturated carbocycles. The standard InChI is InChI=1S/C20H15ClF4N2O5/c1-32-15-5-3-11(21)9-13(15)19(22)12-4-2-10(20(23,24)25)8-14(12)27(17(19)30)18(31)26-7-6-16(28)29/h2-5,8-9H,6-7H2,1H3,(H,26,31)(H,28,29)/t19-/m0/s1. The van der Waals surface area contributed by atoms with Gasteiger partial charge in [-0.2, -0.15) is 13.2 Å². The lowest BCUT2D eigenvalue weighted by atomic mass is 9.88. The van der Waals surface area contributed by atoms with E-state index in [9.17, 15) is 27.6 Å². The first kappa shape index (κ1) is 23.3. The largest absolute Gasteiger partial charge is 0.496 e. The summed E-state index contributed by atoms with van der Waals surface area (Å²) in [6, 6.07) is 4.25. The van der Waals surface area contributed by atoms with Crippen molar-refractivity contribution in [3.63, 3.8) is 0 Å². The van der Waals surface area contributed by atoms with Crippen LogP contribution in [0.2, 0.25) is 5.02 Å². The van der Waals surface area contributed by atoms with Crippen LogP contribution in [-0.4, -0.2) is 36.7 Å². The van der Waals surface area contributed by atoms with Gasteiger partial charge in [0, 0.05) is 22.7 Å². The number of nitrogens with zero attached hydrogens (tertiary/aromatic N) is 1. The number of hydrogen-bond acceptors (Lipinski definition) is 4. The zero-order valence-corrected chi connectivity index (χ0v) is 17.1. The van der Waals surface area contributed by atoms with E-state index in [2.05, 4.69) is 5.32 Å². The van der Waals surface area contributed by atoms with E-state index in [0.717, 1.165) is 12.1 Å². The Labute approximate surface area is 183 Å². The Kier molecular flexibility index (Phi) is 6.05. The number of methoxy groups -OCH3 is 1. The molecule has 7 nitrogen and oxygen atoms in total. The van der Waals surface area contributed by atoms with Crippen LogP contribution in [0.25, 0.3) is 0 Å². The van der Waals surface area contributed by atoms with Crippen LogP contribution in [0.4, 0.5) is 28.0 Å². The van der Waals surface area contributed by atoms with Crippen molar-refractivity contribution in [2.24, 2.45) is 0 Å². The lowest BCUT2D eigenvalue weighted by Crippen LogP contribution is -2.47. The number of carboxylic acid groups (broad SMARTS) is 1. The Morgan fingerprint density at radius 2 is 1.88 bits per heavy atom. The van der Waals surface area contributed by atoms with Gasteiger partial charge in [0.1, 0.15) is 5.75 Å². The second kappa shape index (κ2) is 8.30. The molecule has 0 aromatic heterocycles. The molecule has 2 aromatic rings. The van der Waals surface area contributed by atoms with Crippen molar-refractivity contribution < 1.29 is 41.8 Å². The van der Waals surface area contributed by atoms with Gasteiger partial charge in [0.05, 0.1) is 24.8 Å². The SMILES string of the molecule is COc1ccc(Cl)cc1[C@]1(F)C(=O)N(C(=O)NCCC(=O)O)c2cc(C(F)(F)F)ccc21. The van der Waals surface area contributed by atoms with Crippen LogP contribution in [0.15, 0.2) is 36.4 Å². The Hall–Kier alpha value is -3.34. The maximum Gasteiger partial charge on any atom is 0.416 e. The molecule has 0 radical (unpaired) electrons. The van der Waals surface area contributed by atoms with Crippen LogP contribution < -0.4 is 15.0 Å². The topological polar surface area (TPSA) is 95.9 Å². The number of ether oxygens (including phenoxy) is 1. The fourth-order valence-electron chi connectivity index (χ4n) is 3.33. The van der Waals surface area contributed by atoms with Crippen molar-refractivity contribution in [1.82, 2.24) is 5.32 Å². The number of nitrogens with one attached hydrogen (secondary N) is 1. The van der Waals surface area contributed by atoms with E-state index in [1.54, 1.807) is 0 Å². The first-order valence-electron chi connectivity index (χ1n) is 9.00. The Bertz CT molecular complexity index is 1110. The average Bonchev–Trinajstić information content (AvgIpc) is 2.94. The van der Waals surface area contributed by atoms with Crippen LogP contribution in [-0.2, 0) is 21.4 Å². The van der Waals surface area contributed by atoms with E-state index in [1.165, 1.54) is 19.2 Å². The van der Waals surface area contributed by atoms with E-state index >= 15 is 4.39 Å². The molecule has 2 aromatic carbocycles. The highest BCUT2D eigenvalue weighted by atomic mass is 35.5. The quantitative estimate of drug-likeness (QED) is 0.636. The van der Waals surface area contributed by atoms with Crippen molar-refractivity contribution in [3.05, 3.63) is 58.1 Å². The maximum absolute atomic E-state index is 16.5. The van der Waals surface area contributed by atoms with Gasteiger partial charge in [0.25, 0.3) is 5.91 Å². The summed E-state index contributed by atoms with van der Waals surface area (Å²) in [5.41, 5.74) is -5.87. The summed E-state index contributed by atoms with van der Waals surface area (Å²) in [5.74, 6) is -2.88. The molecule has 1 atom stereocenters. The molecule has 3 amide bonds. The molecule has 1 aliphatic rings. The van der Waals surface area contributed by atoms with Gasteiger partial charge in [-0.1, -0.05) is 17.7 Å². The molecule has 0 bridgehead atoms. The number of alkyl halides is 4. The van der Waals surface area contributed by atoms with Crippen LogP contribution in [0, 0.1) is 0 Å². The molecular formula is C20H15ClF4N2O5. The van der Waals surface area contributed by atoms with Crippen molar-refractivity contribution >= 4 is 35.2 Å². The highest BCUT2D eigenvalue weighted by Crippen LogP contribution is 2.51. The molecule has 0 fully saturated rings. The monoisotopic (exact) mass is 474 g/mol. The molecule has 1 aliphatic heterocycles. The molecule has 1 heterocycles. The van der Waals surface area contributed by atoms with Crippen molar-refractivity contribution in [1.29, 1.82) is 0 Å². The maximum atomic E-state index is 16.5. The number of amides is 3. The molecule has 3 rings (SSSR count). The number of benzene rings is 2. The molecule has 0 spiro atoms. The minimum atomic E-state index is -4.83. The Morgan fingerprint density at radius 3 is 2.47 bits per heavy atom. The van der Waals surface area contributed by atoms with Crippen LogP contribution >= 0.6 is 11.6 Å². The zero-order chi connectivity index (χ0) is 23.8. The number of hydrogen-bond donors (Lipinski definition) is 2. The molecule has 0 unspecified atom stereocenters. The number of carbonyl (C=O) groups excluding carboxylic acids is 2. The van der Waals surface area contributed by atoms with Gasteiger partial charge >= 0.3 is 18.2 Å². The number of rotatable bonds is 5. The summed E-state index contributed by atoms with van der Waals surface area (Å²) in [4.78, 5) is 36.6. The van der Waals surface area contributed by atoms with Gasteiger partial charge in [-0.05, 0) is 30.3 Å². The number of aliphatic carboxylic acids is 1. The van der Waals surface area contributed by atoms with Crippen LogP contribution in [0.3, 0.4) is 0 Å². The number of anilines is 1. The third-order valence-electron chi connectivity index (χ3n) is 4.79. The number of halogens is 5.